The number of ether oxygens (including phenoxy) is 1. The van der Waals surface area contributed by atoms with Gasteiger partial charge in [0, 0.05) is 7.05 Å². The summed E-state index contributed by atoms with van der Waals surface area (Å²) in [6.07, 6.45) is 0.303. The Hall–Kier alpha value is -1.08. The highest BCUT2D eigenvalue weighted by molar-refractivity contribution is 7.99. The quantitative estimate of drug-likeness (QED) is 0.845. The van der Waals surface area contributed by atoms with Crippen LogP contribution < -0.4 is 0 Å². The summed E-state index contributed by atoms with van der Waals surface area (Å²) in [5.74, 6) is 0.586. The van der Waals surface area contributed by atoms with E-state index in [2.05, 4.69) is 24.0 Å². The normalized spacial score (nSPS) is 30.7. The van der Waals surface area contributed by atoms with E-state index in [1.807, 2.05) is 18.5 Å². The van der Waals surface area contributed by atoms with E-state index < -0.39 is 5.97 Å². The Kier molecular flexibility index (Phi) is 4.15. The van der Waals surface area contributed by atoms with E-state index in [4.69, 9.17) is 9.84 Å². The van der Waals surface area contributed by atoms with Crippen molar-refractivity contribution < 1.29 is 14.6 Å². The van der Waals surface area contributed by atoms with Crippen molar-refractivity contribution in [3.63, 3.8) is 0 Å². The maximum atomic E-state index is 10.6. The molecular weight excluding hydrogens is 266 g/mol. The number of nitrogens with zero attached hydrogens (tertiary/aromatic N) is 3. The highest BCUT2D eigenvalue weighted by Gasteiger charge is 2.40. The van der Waals surface area contributed by atoms with Crippen LogP contribution in [0.15, 0.2) is 5.16 Å². The highest BCUT2D eigenvalue weighted by atomic mass is 32.2. The van der Waals surface area contributed by atoms with Crippen molar-refractivity contribution in [3.8, 4) is 0 Å². The van der Waals surface area contributed by atoms with E-state index in [-0.39, 0.29) is 23.9 Å². The molecule has 0 radical (unpaired) electrons. The van der Waals surface area contributed by atoms with Gasteiger partial charge in [0.2, 0.25) is 0 Å². The number of aromatic nitrogens is 3. The summed E-state index contributed by atoms with van der Waals surface area (Å²) in [7, 11) is 1.88. The summed E-state index contributed by atoms with van der Waals surface area (Å²) in [6.45, 7) is 6.26. The average Bonchev–Trinajstić information content (AvgIpc) is 2.79. The summed E-state index contributed by atoms with van der Waals surface area (Å²) in [5.41, 5.74) is 0. The number of rotatable bonds is 4. The van der Waals surface area contributed by atoms with E-state index in [0.29, 0.717) is 11.1 Å². The van der Waals surface area contributed by atoms with Crippen LogP contribution in [-0.4, -0.2) is 43.8 Å². The topological polar surface area (TPSA) is 77.2 Å². The van der Waals surface area contributed by atoms with Crippen molar-refractivity contribution in [1.82, 2.24) is 14.8 Å². The molecule has 4 unspecified atom stereocenters. The summed E-state index contributed by atoms with van der Waals surface area (Å²) in [6, 6.07) is 0. The SMILES string of the molecule is CC1OC(C)C(c2nnc(SCC(=O)O)n2C)C1C. The molecular formula is C12H19N3O3S. The fourth-order valence-electron chi connectivity index (χ4n) is 2.58. The van der Waals surface area contributed by atoms with Gasteiger partial charge in [0.05, 0.1) is 23.9 Å². The van der Waals surface area contributed by atoms with Crippen molar-refractivity contribution in [2.45, 2.75) is 44.1 Å². The molecule has 2 rings (SSSR count). The molecule has 0 bridgehead atoms. The van der Waals surface area contributed by atoms with Crippen molar-refractivity contribution >= 4 is 17.7 Å². The van der Waals surface area contributed by atoms with Gasteiger partial charge in [0.1, 0.15) is 5.82 Å². The van der Waals surface area contributed by atoms with Gasteiger partial charge in [-0.1, -0.05) is 18.7 Å². The van der Waals surface area contributed by atoms with E-state index in [9.17, 15) is 4.79 Å². The lowest BCUT2D eigenvalue weighted by Gasteiger charge is -2.17. The third-order valence-electron chi connectivity index (χ3n) is 3.73. The Morgan fingerprint density at radius 3 is 2.58 bits per heavy atom. The van der Waals surface area contributed by atoms with Crippen LogP contribution in [0.2, 0.25) is 0 Å². The molecule has 0 amide bonds. The lowest BCUT2D eigenvalue weighted by Crippen LogP contribution is -2.19. The van der Waals surface area contributed by atoms with Gasteiger partial charge in [-0.3, -0.25) is 4.79 Å². The smallest absolute Gasteiger partial charge is 0.313 e. The second kappa shape index (κ2) is 5.50. The summed E-state index contributed by atoms with van der Waals surface area (Å²) < 4.78 is 7.70. The Morgan fingerprint density at radius 1 is 1.37 bits per heavy atom. The van der Waals surface area contributed by atoms with E-state index in [1.54, 1.807) is 0 Å². The molecule has 1 fully saturated rings. The van der Waals surface area contributed by atoms with E-state index in [0.717, 1.165) is 5.82 Å². The number of hydrogen-bond acceptors (Lipinski definition) is 5. The van der Waals surface area contributed by atoms with Crippen molar-refractivity contribution in [1.29, 1.82) is 0 Å². The molecule has 6 nitrogen and oxygen atoms in total. The van der Waals surface area contributed by atoms with Crippen LogP contribution in [0.25, 0.3) is 0 Å². The standard InChI is InChI=1S/C12H19N3O3S/c1-6-7(2)18-8(3)10(6)11-13-14-12(15(11)4)19-5-9(16)17/h6-8,10H,5H2,1-4H3,(H,16,17). The van der Waals surface area contributed by atoms with Gasteiger partial charge < -0.3 is 14.4 Å². The number of carboxylic acid groups (broad SMARTS) is 1. The molecule has 0 aromatic carbocycles. The minimum atomic E-state index is -0.853. The highest BCUT2D eigenvalue weighted by Crippen LogP contribution is 2.39. The van der Waals surface area contributed by atoms with E-state index >= 15 is 0 Å². The van der Waals surface area contributed by atoms with Crippen LogP contribution in [0.5, 0.6) is 0 Å². The minimum Gasteiger partial charge on any atom is -0.481 e. The number of thioether (sulfide) groups is 1. The summed E-state index contributed by atoms with van der Waals surface area (Å²) >= 11 is 1.19. The van der Waals surface area contributed by atoms with Crippen LogP contribution in [0, 0.1) is 5.92 Å². The first kappa shape index (κ1) is 14.3. The lowest BCUT2D eigenvalue weighted by atomic mass is 9.89. The Morgan fingerprint density at radius 2 is 2.05 bits per heavy atom. The number of carboxylic acids is 1. The predicted octanol–water partition coefficient (Wildman–Crippen LogP) is 1.52. The molecule has 1 aromatic rings. The zero-order valence-electron chi connectivity index (χ0n) is 11.5. The Labute approximate surface area is 116 Å². The fourth-order valence-corrected chi connectivity index (χ4v) is 3.22. The lowest BCUT2D eigenvalue weighted by molar-refractivity contribution is -0.133. The molecule has 0 spiro atoms. The molecule has 1 N–H and O–H groups in total. The molecule has 1 saturated heterocycles. The van der Waals surface area contributed by atoms with Gasteiger partial charge in [-0.2, -0.15) is 0 Å². The molecule has 7 heteroatoms. The molecule has 19 heavy (non-hydrogen) atoms. The largest absolute Gasteiger partial charge is 0.481 e. The molecule has 4 atom stereocenters. The monoisotopic (exact) mass is 285 g/mol. The average molecular weight is 285 g/mol. The van der Waals surface area contributed by atoms with Crippen LogP contribution >= 0.6 is 11.8 Å². The van der Waals surface area contributed by atoms with Gasteiger partial charge >= 0.3 is 5.97 Å². The number of aliphatic carboxylic acids is 1. The molecule has 1 aliphatic heterocycles. The van der Waals surface area contributed by atoms with Crippen molar-refractivity contribution in [2.24, 2.45) is 13.0 Å². The van der Waals surface area contributed by atoms with Crippen LogP contribution in [0.3, 0.4) is 0 Å². The molecule has 2 heterocycles. The minimum absolute atomic E-state index is 0.00531. The molecule has 1 aliphatic rings. The maximum absolute atomic E-state index is 10.6. The second-order valence-electron chi connectivity index (χ2n) is 5.01. The second-order valence-corrected chi connectivity index (χ2v) is 5.96. The first-order chi connectivity index (χ1) is 8.91. The first-order valence-corrected chi connectivity index (χ1v) is 7.29. The number of carbonyl (C=O) groups is 1. The van der Waals surface area contributed by atoms with Gasteiger partial charge in [0.15, 0.2) is 5.16 Å². The van der Waals surface area contributed by atoms with Crippen LogP contribution in [0.1, 0.15) is 32.5 Å². The maximum Gasteiger partial charge on any atom is 0.313 e. The predicted molar refractivity (Wildman–Crippen MR) is 71.3 cm³/mol. The molecule has 0 saturated carbocycles. The van der Waals surface area contributed by atoms with Gasteiger partial charge in [-0.15, -0.1) is 10.2 Å². The first-order valence-electron chi connectivity index (χ1n) is 6.31. The number of hydrogen-bond donors (Lipinski definition) is 1. The van der Waals surface area contributed by atoms with E-state index in [1.165, 1.54) is 11.8 Å². The Balaban J connectivity index is 2.19. The Bertz CT molecular complexity index is 477. The zero-order chi connectivity index (χ0) is 14.2. The zero-order valence-corrected chi connectivity index (χ0v) is 12.3. The summed E-state index contributed by atoms with van der Waals surface area (Å²) in [5, 5.41) is 17.7. The van der Waals surface area contributed by atoms with Gasteiger partial charge in [0.25, 0.3) is 0 Å². The third-order valence-corrected chi connectivity index (χ3v) is 4.74. The molecule has 0 aliphatic carbocycles. The van der Waals surface area contributed by atoms with Crippen LogP contribution in [0.4, 0.5) is 0 Å². The fraction of sp³-hybridized carbons (Fsp3) is 0.750. The molecule has 106 valence electrons. The third kappa shape index (κ3) is 2.76. The van der Waals surface area contributed by atoms with Gasteiger partial charge in [-0.25, -0.2) is 0 Å². The van der Waals surface area contributed by atoms with Crippen molar-refractivity contribution in [2.75, 3.05) is 5.75 Å². The summed E-state index contributed by atoms with van der Waals surface area (Å²) in [4.78, 5) is 10.6. The van der Waals surface area contributed by atoms with Crippen molar-refractivity contribution in [3.05, 3.63) is 5.82 Å². The van der Waals surface area contributed by atoms with Crippen LogP contribution in [-0.2, 0) is 16.6 Å². The molecule has 1 aromatic heterocycles. The van der Waals surface area contributed by atoms with Gasteiger partial charge in [-0.05, 0) is 19.8 Å².